The van der Waals surface area contributed by atoms with E-state index in [0.29, 0.717) is 35.3 Å². The molecule has 2 aromatic rings. The van der Waals surface area contributed by atoms with Gasteiger partial charge in [-0.1, -0.05) is 11.6 Å². The second-order valence-electron chi connectivity index (χ2n) is 7.28. The highest BCUT2D eigenvalue weighted by molar-refractivity contribution is 7.99. The van der Waals surface area contributed by atoms with Crippen molar-refractivity contribution in [3.8, 4) is 11.3 Å². The van der Waals surface area contributed by atoms with Crippen LogP contribution in [0.15, 0.2) is 18.2 Å². The molecule has 1 aliphatic heterocycles. The number of fused-ring (bicyclic) bond motifs is 1. The number of aromatic nitrogens is 2. The summed E-state index contributed by atoms with van der Waals surface area (Å²) in [6.45, 7) is 1.14. The predicted octanol–water partition coefficient (Wildman–Crippen LogP) is 2.86. The van der Waals surface area contributed by atoms with Crippen LogP contribution in [0.5, 0.6) is 0 Å². The predicted molar refractivity (Wildman–Crippen MR) is 110 cm³/mol. The van der Waals surface area contributed by atoms with Crippen LogP contribution in [0.1, 0.15) is 28.9 Å². The van der Waals surface area contributed by atoms with E-state index in [2.05, 4.69) is 16.7 Å². The van der Waals surface area contributed by atoms with Crippen molar-refractivity contribution in [1.82, 2.24) is 20.0 Å². The summed E-state index contributed by atoms with van der Waals surface area (Å²) in [5, 5.41) is 8.09. The third-order valence-electron chi connectivity index (χ3n) is 5.46. The highest BCUT2D eigenvalue weighted by Gasteiger charge is 2.33. The van der Waals surface area contributed by atoms with Gasteiger partial charge < -0.3 is 16.0 Å². The van der Waals surface area contributed by atoms with Crippen molar-refractivity contribution in [3.63, 3.8) is 0 Å². The summed E-state index contributed by atoms with van der Waals surface area (Å²) in [4.78, 5) is 26.5. The summed E-state index contributed by atoms with van der Waals surface area (Å²) < 4.78 is 15.2. The number of rotatable bonds is 4. The Hall–Kier alpha value is -2.26. The number of nitrogens with zero attached hydrogens (tertiary/aromatic N) is 3. The number of nitrogens with two attached hydrogens (primary N) is 1. The van der Waals surface area contributed by atoms with E-state index in [1.54, 1.807) is 9.58 Å². The Kier molecular flexibility index (Phi) is 5.44. The van der Waals surface area contributed by atoms with Gasteiger partial charge in [0.05, 0.1) is 29.4 Å². The Morgan fingerprint density at radius 2 is 2.10 bits per heavy atom. The van der Waals surface area contributed by atoms with Crippen molar-refractivity contribution >= 4 is 35.3 Å². The molecule has 10 heteroatoms. The number of urea groups is 1. The molecule has 29 heavy (non-hydrogen) atoms. The number of benzene rings is 1. The summed E-state index contributed by atoms with van der Waals surface area (Å²) in [6.07, 6.45) is 4.02. The largest absolute Gasteiger partial charge is 0.365 e. The number of hydrogen-bond donors (Lipinski definition) is 2. The topological polar surface area (TPSA) is 93.2 Å². The maximum absolute atomic E-state index is 13.5. The maximum Gasteiger partial charge on any atom is 0.318 e. The van der Waals surface area contributed by atoms with Crippen LogP contribution in [-0.2, 0) is 13.1 Å². The molecule has 3 N–H and O–H groups in total. The van der Waals surface area contributed by atoms with Gasteiger partial charge in [0, 0.05) is 23.4 Å². The zero-order valence-electron chi connectivity index (χ0n) is 15.8. The first-order chi connectivity index (χ1) is 13.9. The first-order valence-corrected chi connectivity index (χ1v) is 11.0. The van der Waals surface area contributed by atoms with Crippen LogP contribution in [0.25, 0.3) is 11.3 Å². The minimum absolute atomic E-state index is 0.0612. The molecule has 0 unspecified atom stereocenters. The van der Waals surface area contributed by atoms with Gasteiger partial charge in [0.15, 0.2) is 0 Å². The lowest BCUT2D eigenvalue weighted by atomic mass is 9.92. The molecule has 1 fully saturated rings. The molecular formula is C19H21ClFN5O2S. The average Bonchev–Trinajstić information content (AvgIpc) is 3.05. The van der Waals surface area contributed by atoms with Crippen LogP contribution >= 0.6 is 23.4 Å². The number of amides is 3. The van der Waals surface area contributed by atoms with Crippen LogP contribution in [0.4, 0.5) is 9.18 Å². The van der Waals surface area contributed by atoms with Gasteiger partial charge in [-0.15, -0.1) is 0 Å². The van der Waals surface area contributed by atoms with Gasteiger partial charge in [0.25, 0.3) is 5.91 Å². The van der Waals surface area contributed by atoms with Crippen molar-refractivity contribution in [1.29, 1.82) is 0 Å². The van der Waals surface area contributed by atoms with Crippen molar-refractivity contribution in [3.05, 3.63) is 40.3 Å². The van der Waals surface area contributed by atoms with E-state index in [4.69, 9.17) is 17.3 Å². The second kappa shape index (κ2) is 7.87. The molecule has 2 heterocycles. The highest BCUT2D eigenvalue weighted by Crippen LogP contribution is 2.32. The molecule has 1 aromatic carbocycles. The molecule has 0 spiro atoms. The van der Waals surface area contributed by atoms with Crippen LogP contribution in [0, 0.1) is 5.82 Å². The number of thioether (sulfide) groups is 1. The standard InChI is InChI=1S/C19H21ClFN5O2S/c1-29-12-7-11(8-12)23-19(28)25-4-5-26-15(9-25)16(18(22)27)17(24-26)10-2-3-14(21)13(20)6-10/h2-3,6,11-12H,4-5,7-9H2,1H3,(H2,22,27)(H,23,28). The Morgan fingerprint density at radius 3 is 2.76 bits per heavy atom. The van der Waals surface area contributed by atoms with E-state index in [1.165, 1.54) is 18.2 Å². The lowest BCUT2D eigenvalue weighted by molar-refractivity contribution is 0.0997. The molecule has 0 atom stereocenters. The molecule has 0 radical (unpaired) electrons. The van der Waals surface area contributed by atoms with Gasteiger partial charge in [0.1, 0.15) is 11.5 Å². The zero-order chi connectivity index (χ0) is 20.7. The molecular weight excluding hydrogens is 417 g/mol. The third kappa shape index (κ3) is 3.81. The van der Waals surface area contributed by atoms with Crippen molar-refractivity contribution < 1.29 is 14.0 Å². The van der Waals surface area contributed by atoms with Crippen LogP contribution in [0.3, 0.4) is 0 Å². The minimum atomic E-state index is -0.647. The lowest BCUT2D eigenvalue weighted by Gasteiger charge is -2.37. The smallest absolute Gasteiger partial charge is 0.318 e. The molecule has 1 saturated carbocycles. The minimum Gasteiger partial charge on any atom is -0.365 e. The van der Waals surface area contributed by atoms with Gasteiger partial charge in [-0.05, 0) is 37.3 Å². The normalized spacial score (nSPS) is 20.7. The third-order valence-corrected chi connectivity index (χ3v) is 6.80. The molecule has 7 nitrogen and oxygen atoms in total. The first-order valence-electron chi connectivity index (χ1n) is 9.30. The first kappa shape index (κ1) is 20.0. The van der Waals surface area contributed by atoms with Crippen molar-refractivity contribution in [2.75, 3.05) is 12.8 Å². The van der Waals surface area contributed by atoms with Gasteiger partial charge in [-0.3, -0.25) is 9.48 Å². The number of halogens is 2. The molecule has 0 bridgehead atoms. The fourth-order valence-corrected chi connectivity index (χ4v) is 4.77. The van der Waals surface area contributed by atoms with Crippen LogP contribution in [-0.4, -0.2) is 50.7 Å². The SMILES string of the molecule is CSC1CC(NC(=O)N2CCn3nc(-c4ccc(F)c(Cl)c4)c(C(N)=O)c3C2)C1. The number of hydrogen-bond acceptors (Lipinski definition) is 4. The fraction of sp³-hybridized carbons (Fsp3) is 0.421. The molecule has 2 aliphatic rings. The monoisotopic (exact) mass is 437 g/mol. The van der Waals surface area contributed by atoms with E-state index >= 15 is 0 Å². The summed E-state index contributed by atoms with van der Waals surface area (Å²) in [6, 6.07) is 4.19. The van der Waals surface area contributed by atoms with E-state index in [9.17, 15) is 14.0 Å². The quantitative estimate of drug-likeness (QED) is 0.769. The fourth-order valence-electron chi connectivity index (χ4n) is 3.74. The Morgan fingerprint density at radius 1 is 1.34 bits per heavy atom. The van der Waals surface area contributed by atoms with E-state index in [-0.39, 0.29) is 29.2 Å². The van der Waals surface area contributed by atoms with E-state index in [1.807, 2.05) is 11.8 Å². The van der Waals surface area contributed by atoms with E-state index in [0.717, 1.165) is 12.8 Å². The molecule has 3 amide bonds. The maximum atomic E-state index is 13.5. The molecule has 1 aromatic heterocycles. The Bertz CT molecular complexity index is 976. The molecule has 4 rings (SSSR count). The zero-order valence-corrected chi connectivity index (χ0v) is 17.4. The second-order valence-corrected chi connectivity index (χ2v) is 8.83. The molecule has 154 valence electrons. The number of carbonyl (C=O) groups is 2. The van der Waals surface area contributed by atoms with Gasteiger partial charge in [-0.25, -0.2) is 9.18 Å². The summed E-state index contributed by atoms with van der Waals surface area (Å²) in [5.74, 6) is -1.20. The summed E-state index contributed by atoms with van der Waals surface area (Å²) >= 11 is 7.70. The number of primary amides is 1. The Labute approximate surface area is 176 Å². The molecule has 1 aliphatic carbocycles. The number of nitrogens with one attached hydrogen (secondary N) is 1. The summed E-state index contributed by atoms with van der Waals surface area (Å²) in [5.41, 5.74) is 7.28. The molecule has 0 saturated heterocycles. The summed E-state index contributed by atoms with van der Waals surface area (Å²) in [7, 11) is 0. The Balaban J connectivity index is 1.57. The van der Waals surface area contributed by atoms with E-state index < -0.39 is 11.7 Å². The van der Waals surface area contributed by atoms with Gasteiger partial charge in [-0.2, -0.15) is 16.9 Å². The van der Waals surface area contributed by atoms with Gasteiger partial charge >= 0.3 is 6.03 Å². The van der Waals surface area contributed by atoms with Gasteiger partial charge in [0.2, 0.25) is 0 Å². The highest BCUT2D eigenvalue weighted by atomic mass is 35.5. The van der Waals surface area contributed by atoms with Crippen molar-refractivity contribution in [2.45, 2.75) is 37.2 Å². The lowest BCUT2D eigenvalue weighted by Crippen LogP contribution is -2.52. The average molecular weight is 438 g/mol. The van der Waals surface area contributed by atoms with Crippen LogP contribution < -0.4 is 11.1 Å². The van der Waals surface area contributed by atoms with Crippen molar-refractivity contribution in [2.24, 2.45) is 5.73 Å². The van der Waals surface area contributed by atoms with Crippen LogP contribution in [0.2, 0.25) is 5.02 Å². The number of carbonyl (C=O) groups excluding carboxylic acids is 2.